The lowest BCUT2D eigenvalue weighted by Gasteiger charge is -2.06. The summed E-state index contributed by atoms with van der Waals surface area (Å²) in [6, 6.07) is 14.6. The third-order valence-corrected chi connectivity index (χ3v) is 3.91. The molecule has 20 heavy (non-hydrogen) atoms. The molecular weight excluding hydrogens is 270 g/mol. The molecule has 4 heteroatoms. The summed E-state index contributed by atoms with van der Waals surface area (Å²) in [6.07, 6.45) is 0.246. The number of carbonyl (C=O) groups excluding carboxylic acids is 1. The molecule has 0 saturated carbocycles. The summed E-state index contributed by atoms with van der Waals surface area (Å²) >= 11 is 1.68. The van der Waals surface area contributed by atoms with Crippen molar-refractivity contribution in [3.63, 3.8) is 0 Å². The topological polar surface area (TPSA) is 49.3 Å². The molecule has 0 bridgehead atoms. The quantitative estimate of drug-likeness (QED) is 0.768. The highest BCUT2D eigenvalue weighted by atomic mass is 32.1. The van der Waals surface area contributed by atoms with Crippen molar-refractivity contribution in [2.75, 3.05) is 5.32 Å². The second kappa shape index (κ2) is 5.35. The summed E-state index contributed by atoms with van der Waals surface area (Å²) in [5.41, 5.74) is 1.58. The normalized spacial score (nSPS) is 10.6. The monoisotopic (exact) mass is 283 g/mol. The van der Waals surface area contributed by atoms with E-state index < -0.39 is 0 Å². The Morgan fingerprint density at radius 1 is 1.15 bits per heavy atom. The molecular formula is C16H13NO2S. The number of anilines is 1. The first-order chi connectivity index (χ1) is 9.70. The lowest BCUT2D eigenvalue weighted by Crippen LogP contribution is -2.14. The van der Waals surface area contributed by atoms with Gasteiger partial charge in [-0.05, 0) is 52.7 Å². The number of phenols is 1. The van der Waals surface area contributed by atoms with Crippen molar-refractivity contribution in [3.05, 3.63) is 59.5 Å². The first-order valence-corrected chi connectivity index (χ1v) is 7.14. The molecule has 3 nitrogen and oxygen atoms in total. The Labute approximate surface area is 120 Å². The van der Waals surface area contributed by atoms with Crippen LogP contribution in [0, 0.1) is 0 Å². The fraction of sp³-hybridized carbons (Fsp3) is 0.0625. The first kappa shape index (κ1) is 12.7. The minimum atomic E-state index is -0.0924. The van der Waals surface area contributed by atoms with Crippen LogP contribution in [0.25, 0.3) is 10.1 Å². The number of phenolic OH excluding ortho intramolecular Hbond substituents is 1. The van der Waals surface area contributed by atoms with E-state index in [9.17, 15) is 9.90 Å². The number of fused-ring (bicyclic) bond motifs is 1. The van der Waals surface area contributed by atoms with Gasteiger partial charge in [0.25, 0.3) is 0 Å². The van der Waals surface area contributed by atoms with Gasteiger partial charge < -0.3 is 10.4 Å². The van der Waals surface area contributed by atoms with Crippen LogP contribution in [-0.2, 0) is 11.2 Å². The van der Waals surface area contributed by atoms with E-state index in [0.717, 1.165) is 16.6 Å². The predicted octanol–water partition coefficient (Wildman–Crippen LogP) is 3.79. The summed E-state index contributed by atoms with van der Waals surface area (Å²) in [4.78, 5) is 12.0. The SMILES string of the molecule is O=C(Cc1cccc(O)c1)Nc1ccc2sccc2c1. The number of amides is 1. The maximum atomic E-state index is 12.0. The minimum absolute atomic E-state index is 0.0924. The number of thiophene rings is 1. The Bertz CT molecular complexity index is 764. The van der Waals surface area contributed by atoms with Gasteiger partial charge in [0.15, 0.2) is 0 Å². The minimum Gasteiger partial charge on any atom is -0.508 e. The number of aromatic hydroxyl groups is 1. The summed E-state index contributed by atoms with van der Waals surface area (Å²) in [6.45, 7) is 0. The van der Waals surface area contributed by atoms with Gasteiger partial charge in [-0.15, -0.1) is 11.3 Å². The smallest absolute Gasteiger partial charge is 0.228 e. The van der Waals surface area contributed by atoms with E-state index in [0.29, 0.717) is 0 Å². The number of benzene rings is 2. The average Bonchev–Trinajstić information content (AvgIpc) is 2.86. The van der Waals surface area contributed by atoms with E-state index in [1.54, 1.807) is 29.5 Å². The fourth-order valence-corrected chi connectivity index (χ4v) is 2.87. The fourth-order valence-electron chi connectivity index (χ4n) is 2.10. The van der Waals surface area contributed by atoms with Gasteiger partial charge in [-0.2, -0.15) is 0 Å². The lowest BCUT2D eigenvalue weighted by atomic mass is 10.1. The molecule has 0 atom stereocenters. The maximum Gasteiger partial charge on any atom is 0.228 e. The van der Waals surface area contributed by atoms with Gasteiger partial charge in [0.1, 0.15) is 5.75 Å². The zero-order chi connectivity index (χ0) is 13.9. The predicted molar refractivity (Wildman–Crippen MR) is 82.3 cm³/mol. The Balaban J connectivity index is 1.72. The molecule has 3 aromatic rings. The number of carbonyl (C=O) groups is 1. The molecule has 0 aliphatic heterocycles. The van der Waals surface area contributed by atoms with Crippen LogP contribution in [0.15, 0.2) is 53.9 Å². The lowest BCUT2D eigenvalue weighted by molar-refractivity contribution is -0.115. The molecule has 0 radical (unpaired) electrons. The van der Waals surface area contributed by atoms with E-state index in [1.807, 2.05) is 35.7 Å². The summed E-state index contributed by atoms with van der Waals surface area (Å²) < 4.78 is 1.20. The van der Waals surface area contributed by atoms with Crippen molar-refractivity contribution in [1.82, 2.24) is 0 Å². The molecule has 0 spiro atoms. The van der Waals surface area contributed by atoms with Crippen LogP contribution in [0.2, 0.25) is 0 Å². The molecule has 2 N–H and O–H groups in total. The zero-order valence-corrected chi connectivity index (χ0v) is 11.5. The number of hydrogen-bond acceptors (Lipinski definition) is 3. The summed E-state index contributed by atoms with van der Waals surface area (Å²) in [7, 11) is 0. The second-order valence-corrected chi connectivity index (χ2v) is 5.52. The third-order valence-electron chi connectivity index (χ3n) is 3.01. The third kappa shape index (κ3) is 2.81. The highest BCUT2D eigenvalue weighted by Crippen LogP contribution is 2.24. The van der Waals surface area contributed by atoms with Gasteiger partial charge >= 0.3 is 0 Å². The maximum absolute atomic E-state index is 12.0. The van der Waals surface area contributed by atoms with Crippen LogP contribution in [-0.4, -0.2) is 11.0 Å². The van der Waals surface area contributed by atoms with Gasteiger partial charge in [0.05, 0.1) is 6.42 Å². The summed E-state index contributed by atoms with van der Waals surface area (Å²) in [5.74, 6) is 0.0835. The van der Waals surface area contributed by atoms with Crippen molar-refractivity contribution in [2.45, 2.75) is 6.42 Å². The molecule has 0 aliphatic carbocycles. The molecule has 1 amide bonds. The Morgan fingerprint density at radius 2 is 2.05 bits per heavy atom. The molecule has 3 rings (SSSR count). The van der Waals surface area contributed by atoms with Crippen molar-refractivity contribution < 1.29 is 9.90 Å². The number of nitrogens with one attached hydrogen (secondary N) is 1. The van der Waals surface area contributed by atoms with Crippen LogP contribution < -0.4 is 5.32 Å². The van der Waals surface area contributed by atoms with Gasteiger partial charge in [0, 0.05) is 10.4 Å². The van der Waals surface area contributed by atoms with E-state index in [1.165, 1.54) is 4.70 Å². The Kier molecular flexibility index (Phi) is 3.39. The van der Waals surface area contributed by atoms with Gasteiger partial charge in [-0.1, -0.05) is 12.1 Å². The second-order valence-electron chi connectivity index (χ2n) is 4.57. The van der Waals surface area contributed by atoms with Crippen LogP contribution in [0.5, 0.6) is 5.75 Å². The van der Waals surface area contributed by atoms with Gasteiger partial charge in [-0.3, -0.25) is 4.79 Å². The number of rotatable bonds is 3. The molecule has 0 aliphatic rings. The first-order valence-electron chi connectivity index (χ1n) is 6.26. The van der Waals surface area contributed by atoms with Crippen LogP contribution >= 0.6 is 11.3 Å². The van der Waals surface area contributed by atoms with Gasteiger partial charge in [0.2, 0.25) is 5.91 Å². The molecule has 1 aromatic heterocycles. The average molecular weight is 283 g/mol. The Hall–Kier alpha value is -2.33. The standard InChI is InChI=1S/C16H13NO2S/c18-14-3-1-2-11(8-14)9-16(19)17-13-4-5-15-12(10-13)6-7-20-15/h1-8,10,18H,9H2,(H,17,19). The molecule has 2 aromatic carbocycles. The number of hydrogen-bond donors (Lipinski definition) is 2. The van der Waals surface area contributed by atoms with Crippen LogP contribution in [0.4, 0.5) is 5.69 Å². The van der Waals surface area contributed by atoms with E-state index in [-0.39, 0.29) is 18.1 Å². The van der Waals surface area contributed by atoms with E-state index >= 15 is 0 Å². The molecule has 100 valence electrons. The van der Waals surface area contributed by atoms with Crippen molar-refractivity contribution in [2.24, 2.45) is 0 Å². The highest BCUT2D eigenvalue weighted by molar-refractivity contribution is 7.17. The Morgan fingerprint density at radius 3 is 2.90 bits per heavy atom. The van der Waals surface area contributed by atoms with Crippen molar-refractivity contribution in [3.8, 4) is 5.75 Å². The highest BCUT2D eigenvalue weighted by Gasteiger charge is 2.05. The van der Waals surface area contributed by atoms with Crippen LogP contribution in [0.1, 0.15) is 5.56 Å². The largest absolute Gasteiger partial charge is 0.508 e. The molecule has 1 heterocycles. The van der Waals surface area contributed by atoms with E-state index in [4.69, 9.17) is 0 Å². The molecule has 0 fully saturated rings. The van der Waals surface area contributed by atoms with Crippen molar-refractivity contribution >= 4 is 33.0 Å². The molecule has 0 saturated heterocycles. The summed E-state index contributed by atoms with van der Waals surface area (Å²) in [5, 5.41) is 15.4. The van der Waals surface area contributed by atoms with Gasteiger partial charge in [-0.25, -0.2) is 0 Å². The van der Waals surface area contributed by atoms with Crippen molar-refractivity contribution in [1.29, 1.82) is 0 Å². The molecule has 0 unspecified atom stereocenters. The zero-order valence-electron chi connectivity index (χ0n) is 10.7. The van der Waals surface area contributed by atoms with Crippen LogP contribution in [0.3, 0.4) is 0 Å². The van der Waals surface area contributed by atoms with E-state index in [2.05, 4.69) is 5.32 Å².